The Kier molecular flexibility index (Phi) is 3.02. The van der Waals surface area contributed by atoms with Crippen LogP contribution in [0.2, 0.25) is 0 Å². The maximum absolute atomic E-state index is 9.07. The largest absolute Gasteiger partial charge is 0.392 e. The van der Waals surface area contributed by atoms with E-state index in [2.05, 4.69) is 19.1 Å². The Balaban J connectivity index is 2.14. The molecule has 1 heterocycles. The molecule has 0 saturated heterocycles. The fraction of sp³-hybridized carbons (Fsp3) is 0.118. The lowest BCUT2D eigenvalue weighted by atomic mass is 10.0. The normalized spacial score (nSPS) is 10.8. The Hall–Kier alpha value is -2.19. The number of rotatable bonds is 2. The fourth-order valence-electron chi connectivity index (χ4n) is 2.28. The minimum Gasteiger partial charge on any atom is -0.392 e. The fourth-order valence-corrected chi connectivity index (χ4v) is 2.28. The third kappa shape index (κ3) is 2.23. The van der Waals surface area contributed by atoms with Crippen molar-refractivity contribution in [2.45, 2.75) is 13.5 Å². The van der Waals surface area contributed by atoms with E-state index in [-0.39, 0.29) is 6.61 Å². The van der Waals surface area contributed by atoms with Crippen molar-refractivity contribution in [3.63, 3.8) is 0 Å². The van der Waals surface area contributed by atoms with Gasteiger partial charge in [0.15, 0.2) is 0 Å². The minimum absolute atomic E-state index is 0.0739. The van der Waals surface area contributed by atoms with Crippen LogP contribution >= 0.6 is 0 Å². The topological polar surface area (TPSA) is 33.1 Å². The SMILES string of the molecule is Cc1cc(-c2ccc(CO)cc2)nc2ccccc12. The van der Waals surface area contributed by atoms with Gasteiger partial charge in [-0.15, -0.1) is 0 Å². The predicted molar refractivity (Wildman–Crippen MR) is 77.8 cm³/mol. The highest BCUT2D eigenvalue weighted by Crippen LogP contribution is 2.24. The van der Waals surface area contributed by atoms with Gasteiger partial charge in [-0.3, -0.25) is 0 Å². The highest BCUT2D eigenvalue weighted by atomic mass is 16.3. The number of nitrogens with zero attached hydrogens (tertiary/aromatic N) is 1. The molecule has 0 spiro atoms. The number of para-hydroxylation sites is 1. The number of benzene rings is 2. The van der Waals surface area contributed by atoms with Gasteiger partial charge in [-0.2, -0.15) is 0 Å². The molecule has 0 aliphatic rings. The van der Waals surface area contributed by atoms with Crippen molar-refractivity contribution in [3.05, 3.63) is 65.7 Å². The number of aliphatic hydroxyl groups excluding tert-OH is 1. The Morgan fingerprint density at radius 1 is 1.00 bits per heavy atom. The maximum atomic E-state index is 9.07. The van der Waals surface area contributed by atoms with Gasteiger partial charge in [0.25, 0.3) is 0 Å². The molecule has 0 aliphatic heterocycles. The van der Waals surface area contributed by atoms with Crippen LogP contribution in [0.15, 0.2) is 54.6 Å². The molecule has 0 fully saturated rings. The molecular weight excluding hydrogens is 234 g/mol. The van der Waals surface area contributed by atoms with E-state index in [1.165, 1.54) is 10.9 Å². The van der Waals surface area contributed by atoms with Crippen LogP contribution in [-0.2, 0) is 6.61 Å². The molecule has 0 aliphatic carbocycles. The van der Waals surface area contributed by atoms with Crippen molar-refractivity contribution in [2.24, 2.45) is 0 Å². The van der Waals surface area contributed by atoms with Gasteiger partial charge in [-0.05, 0) is 30.2 Å². The highest BCUT2D eigenvalue weighted by Gasteiger charge is 2.04. The number of aryl methyl sites for hydroxylation is 1. The van der Waals surface area contributed by atoms with E-state index >= 15 is 0 Å². The van der Waals surface area contributed by atoms with Crippen LogP contribution in [0, 0.1) is 6.92 Å². The van der Waals surface area contributed by atoms with E-state index in [1.807, 2.05) is 42.5 Å². The van der Waals surface area contributed by atoms with Gasteiger partial charge in [0, 0.05) is 10.9 Å². The summed E-state index contributed by atoms with van der Waals surface area (Å²) in [5.41, 5.74) is 5.21. The molecule has 3 rings (SSSR count). The zero-order valence-corrected chi connectivity index (χ0v) is 10.8. The van der Waals surface area contributed by atoms with Gasteiger partial charge >= 0.3 is 0 Å². The second-order valence-corrected chi connectivity index (χ2v) is 4.70. The van der Waals surface area contributed by atoms with Crippen LogP contribution in [0.4, 0.5) is 0 Å². The molecule has 94 valence electrons. The van der Waals surface area contributed by atoms with Crippen LogP contribution in [0.3, 0.4) is 0 Å². The van der Waals surface area contributed by atoms with Crippen molar-refractivity contribution in [3.8, 4) is 11.3 Å². The molecule has 2 nitrogen and oxygen atoms in total. The second-order valence-electron chi connectivity index (χ2n) is 4.70. The monoisotopic (exact) mass is 249 g/mol. The molecule has 0 unspecified atom stereocenters. The summed E-state index contributed by atoms with van der Waals surface area (Å²) in [5.74, 6) is 0. The van der Waals surface area contributed by atoms with Crippen LogP contribution in [0.1, 0.15) is 11.1 Å². The summed E-state index contributed by atoms with van der Waals surface area (Å²) in [7, 11) is 0. The number of hydrogen-bond acceptors (Lipinski definition) is 2. The first-order chi connectivity index (χ1) is 9.28. The summed E-state index contributed by atoms with van der Waals surface area (Å²) in [6, 6.07) is 18.1. The highest BCUT2D eigenvalue weighted by molar-refractivity contribution is 5.84. The molecule has 0 bridgehead atoms. The molecule has 19 heavy (non-hydrogen) atoms. The minimum atomic E-state index is 0.0739. The third-order valence-electron chi connectivity index (χ3n) is 3.36. The Morgan fingerprint density at radius 3 is 2.47 bits per heavy atom. The van der Waals surface area contributed by atoms with Gasteiger partial charge < -0.3 is 5.11 Å². The van der Waals surface area contributed by atoms with E-state index in [9.17, 15) is 0 Å². The summed E-state index contributed by atoms with van der Waals surface area (Å²) < 4.78 is 0. The molecule has 1 aromatic heterocycles. The smallest absolute Gasteiger partial charge is 0.0712 e. The number of fused-ring (bicyclic) bond motifs is 1. The van der Waals surface area contributed by atoms with Crippen molar-refractivity contribution in [1.82, 2.24) is 4.98 Å². The van der Waals surface area contributed by atoms with E-state index in [0.29, 0.717) is 0 Å². The Morgan fingerprint density at radius 2 is 1.74 bits per heavy atom. The lowest BCUT2D eigenvalue weighted by Gasteiger charge is -2.07. The molecule has 0 saturated carbocycles. The van der Waals surface area contributed by atoms with Crippen LogP contribution in [0.5, 0.6) is 0 Å². The van der Waals surface area contributed by atoms with Gasteiger partial charge in [0.05, 0.1) is 17.8 Å². The van der Waals surface area contributed by atoms with E-state index < -0.39 is 0 Å². The average Bonchev–Trinajstić information content (AvgIpc) is 2.47. The van der Waals surface area contributed by atoms with Gasteiger partial charge in [-0.1, -0.05) is 42.5 Å². The van der Waals surface area contributed by atoms with E-state index in [0.717, 1.165) is 22.3 Å². The predicted octanol–water partition coefficient (Wildman–Crippen LogP) is 3.70. The summed E-state index contributed by atoms with van der Waals surface area (Å²) in [6.45, 7) is 2.18. The van der Waals surface area contributed by atoms with Crippen molar-refractivity contribution >= 4 is 10.9 Å². The molecule has 2 heteroatoms. The number of hydrogen-bond donors (Lipinski definition) is 1. The Labute approximate surface area is 112 Å². The summed E-state index contributed by atoms with van der Waals surface area (Å²) in [4.78, 5) is 4.70. The summed E-state index contributed by atoms with van der Waals surface area (Å²) >= 11 is 0. The first-order valence-corrected chi connectivity index (χ1v) is 6.34. The molecule has 0 radical (unpaired) electrons. The number of aliphatic hydroxyl groups is 1. The Bertz CT molecular complexity index is 717. The molecule has 3 aromatic rings. The lowest BCUT2D eigenvalue weighted by molar-refractivity contribution is 0.282. The van der Waals surface area contributed by atoms with Crippen molar-refractivity contribution in [1.29, 1.82) is 0 Å². The quantitative estimate of drug-likeness (QED) is 0.751. The van der Waals surface area contributed by atoms with E-state index in [1.54, 1.807) is 0 Å². The molecule has 0 amide bonds. The molecule has 2 aromatic carbocycles. The zero-order valence-electron chi connectivity index (χ0n) is 10.8. The first kappa shape index (κ1) is 11.9. The van der Waals surface area contributed by atoms with Crippen molar-refractivity contribution < 1.29 is 5.11 Å². The van der Waals surface area contributed by atoms with Crippen LogP contribution < -0.4 is 0 Å². The molecular formula is C17H15NO. The molecule has 0 atom stereocenters. The lowest BCUT2D eigenvalue weighted by Crippen LogP contribution is -1.89. The summed E-state index contributed by atoms with van der Waals surface area (Å²) in [6.07, 6.45) is 0. The maximum Gasteiger partial charge on any atom is 0.0712 e. The molecule has 1 N–H and O–H groups in total. The standard InChI is InChI=1S/C17H15NO/c1-12-10-17(14-8-6-13(11-19)7-9-14)18-16-5-3-2-4-15(12)16/h2-10,19H,11H2,1H3. The average molecular weight is 249 g/mol. The third-order valence-corrected chi connectivity index (χ3v) is 3.36. The summed E-state index contributed by atoms with van der Waals surface area (Å²) in [5, 5.41) is 10.3. The number of pyridine rings is 1. The van der Waals surface area contributed by atoms with Crippen molar-refractivity contribution in [2.75, 3.05) is 0 Å². The number of aromatic nitrogens is 1. The van der Waals surface area contributed by atoms with Gasteiger partial charge in [-0.25, -0.2) is 4.98 Å². The zero-order chi connectivity index (χ0) is 13.2. The van der Waals surface area contributed by atoms with Crippen LogP contribution in [0.25, 0.3) is 22.2 Å². The van der Waals surface area contributed by atoms with Gasteiger partial charge in [0.1, 0.15) is 0 Å². The second kappa shape index (κ2) is 4.82. The van der Waals surface area contributed by atoms with Gasteiger partial charge in [0.2, 0.25) is 0 Å². The first-order valence-electron chi connectivity index (χ1n) is 6.34. The van der Waals surface area contributed by atoms with E-state index in [4.69, 9.17) is 10.1 Å². The van der Waals surface area contributed by atoms with Crippen LogP contribution in [-0.4, -0.2) is 10.1 Å².